The first-order valence-corrected chi connectivity index (χ1v) is 5.88. The van der Waals surface area contributed by atoms with Crippen LogP contribution in [0.15, 0.2) is 11.6 Å². The molecule has 22 heavy (non-hydrogen) atoms. The third kappa shape index (κ3) is 7.44. The van der Waals surface area contributed by atoms with E-state index in [4.69, 9.17) is 6.11 Å². The molecule has 0 bridgehead atoms. The first kappa shape index (κ1) is 24.2. The fraction of sp³-hybridized carbons (Fsp3) is 0.750. The van der Waals surface area contributed by atoms with E-state index in [1.807, 2.05) is 0 Å². The van der Waals surface area contributed by atoms with Gasteiger partial charge in [-0.25, -0.2) is 4.79 Å². The average Bonchev–Trinajstić information content (AvgIpc) is 2.27. The van der Waals surface area contributed by atoms with Crippen LogP contribution in [0.5, 0.6) is 0 Å². The van der Waals surface area contributed by atoms with Crippen LogP contribution < -0.4 is 5.32 Å². The highest BCUT2D eigenvalue weighted by molar-refractivity contribution is 7.59. The maximum atomic E-state index is 11.6. The Hall–Kier alpha value is -0.100. The molecule has 1 aliphatic rings. The highest BCUT2D eigenvalue weighted by Gasteiger charge is 2.38. The number of aliphatic hydroxyl groups excluding tert-OH is 4. The predicted octanol–water partition coefficient (Wildman–Crippen LogP) is -0.767. The maximum absolute atomic E-state index is 11.6. The van der Waals surface area contributed by atoms with Crippen molar-refractivity contribution in [3.05, 3.63) is 11.6 Å². The standard InChI is InChI=1S/C12H21NO6.3H2S/c1-12(2,3)19-11(18)13-7-4-6(5-14)8(15)10(17)9(7)16;;;/h4,7-10,14-17H,5H2,1-3H3,(H,13,18);3*1H2/t7?,8?,9?,10-;;;/m0.../s1/i5T;;;/t5?,7?,8?,9?,10-;;;. The summed E-state index contributed by atoms with van der Waals surface area (Å²) in [6.07, 6.45) is -4.33. The molecule has 0 aromatic carbocycles. The molecule has 1 aliphatic carbocycles. The van der Waals surface area contributed by atoms with Crippen molar-refractivity contribution in [2.45, 2.75) is 50.7 Å². The van der Waals surface area contributed by atoms with E-state index in [1.54, 1.807) is 20.8 Å². The highest BCUT2D eigenvalue weighted by Crippen LogP contribution is 2.20. The first-order chi connectivity index (χ1) is 9.03. The lowest BCUT2D eigenvalue weighted by atomic mass is 9.88. The first-order valence-electron chi connectivity index (χ1n) is 6.46. The van der Waals surface area contributed by atoms with Crippen molar-refractivity contribution < 1.29 is 31.3 Å². The molecule has 5 N–H and O–H groups in total. The number of alkyl carbamates (subject to hydrolysis) is 1. The SMILES string of the molecule is S.S.S.[3H]C(O)C1=CC(NC(=O)OC(C)(C)C)C(O)[C@@H](O)C1O. The number of amides is 1. The molecule has 5 atom stereocenters. The number of carbonyl (C=O) groups excluding carboxylic acids is 1. The Bertz CT molecular complexity index is 405. The molecule has 1 amide bonds. The summed E-state index contributed by atoms with van der Waals surface area (Å²) in [6, 6.07) is -1.07. The number of nitrogens with one attached hydrogen (secondary N) is 1. The number of hydrogen-bond acceptors (Lipinski definition) is 6. The zero-order valence-electron chi connectivity index (χ0n) is 13.6. The van der Waals surface area contributed by atoms with Gasteiger partial charge in [0.15, 0.2) is 0 Å². The van der Waals surface area contributed by atoms with Crippen molar-refractivity contribution >= 4 is 46.6 Å². The Balaban J connectivity index is -0.00000133. The molecule has 7 nitrogen and oxygen atoms in total. The molecule has 134 valence electrons. The fourth-order valence-electron chi connectivity index (χ4n) is 1.69. The Kier molecular flexibility index (Phi) is 11.7. The minimum atomic E-state index is -1.75. The summed E-state index contributed by atoms with van der Waals surface area (Å²) in [5.41, 5.74) is -0.924. The van der Waals surface area contributed by atoms with Gasteiger partial charge in [0.25, 0.3) is 0 Å². The largest absolute Gasteiger partial charge is 0.444 e. The van der Waals surface area contributed by atoms with Crippen LogP contribution >= 0.6 is 40.5 Å². The fourth-order valence-corrected chi connectivity index (χ4v) is 1.69. The second kappa shape index (κ2) is 10.6. The van der Waals surface area contributed by atoms with Crippen molar-refractivity contribution in [2.24, 2.45) is 0 Å². The maximum Gasteiger partial charge on any atom is 0.408 e. The lowest BCUT2D eigenvalue weighted by molar-refractivity contribution is -0.0647. The molecule has 4 unspecified atom stereocenters. The van der Waals surface area contributed by atoms with Gasteiger partial charge in [0.2, 0.25) is 0 Å². The zero-order valence-corrected chi connectivity index (χ0v) is 15.6. The molecule has 0 fully saturated rings. The van der Waals surface area contributed by atoms with Gasteiger partial charge in [-0.05, 0) is 26.3 Å². The third-order valence-electron chi connectivity index (χ3n) is 2.59. The zero-order chi connectivity index (χ0) is 15.7. The van der Waals surface area contributed by atoms with Gasteiger partial charge in [0.05, 0.1) is 14.0 Å². The van der Waals surface area contributed by atoms with E-state index in [-0.39, 0.29) is 46.1 Å². The highest BCUT2D eigenvalue weighted by atomic mass is 32.1. The Morgan fingerprint density at radius 3 is 2.18 bits per heavy atom. The smallest absolute Gasteiger partial charge is 0.408 e. The second-order valence-electron chi connectivity index (χ2n) is 5.39. The summed E-state index contributed by atoms with van der Waals surface area (Å²) >= 11 is 0. The van der Waals surface area contributed by atoms with Crippen LogP contribution in [0.1, 0.15) is 22.1 Å². The van der Waals surface area contributed by atoms with Gasteiger partial charge in [-0.2, -0.15) is 40.5 Å². The van der Waals surface area contributed by atoms with Gasteiger partial charge < -0.3 is 30.5 Å². The van der Waals surface area contributed by atoms with Crippen LogP contribution in [0.3, 0.4) is 0 Å². The Morgan fingerprint density at radius 1 is 1.27 bits per heavy atom. The third-order valence-corrected chi connectivity index (χ3v) is 2.59. The summed E-state index contributed by atoms with van der Waals surface area (Å²) in [5.74, 6) is 0. The van der Waals surface area contributed by atoms with Crippen LogP contribution in [0.25, 0.3) is 0 Å². The molecule has 0 saturated heterocycles. The van der Waals surface area contributed by atoms with E-state index in [9.17, 15) is 25.2 Å². The molecule has 1 rings (SSSR count). The number of rotatable bonds is 2. The minimum absolute atomic E-state index is 0. The van der Waals surface area contributed by atoms with Gasteiger partial charge >= 0.3 is 6.09 Å². The summed E-state index contributed by atoms with van der Waals surface area (Å²) in [4.78, 5) is 11.6. The van der Waals surface area contributed by atoms with E-state index in [1.165, 1.54) is 0 Å². The molecular weight excluding hydrogens is 350 g/mol. The summed E-state index contributed by atoms with van der Waals surface area (Å²) < 4.78 is 12.2. The van der Waals surface area contributed by atoms with Crippen LogP contribution in [0, 0.1) is 0 Å². The van der Waals surface area contributed by atoms with Crippen LogP contribution in [-0.4, -0.2) is 63.1 Å². The summed E-state index contributed by atoms with van der Waals surface area (Å²) in [5, 5.41) is 40.6. The Morgan fingerprint density at radius 2 is 1.77 bits per heavy atom. The molecule has 0 radical (unpaired) electrons. The Labute approximate surface area is 152 Å². The normalized spacial score (nSPS) is 29.4. The summed E-state index contributed by atoms with van der Waals surface area (Å²) in [7, 11) is 0. The monoisotopic (exact) mass is 379 g/mol. The van der Waals surface area contributed by atoms with Crippen molar-refractivity contribution in [2.75, 3.05) is 6.58 Å². The quantitative estimate of drug-likeness (QED) is 0.402. The molecule has 0 heterocycles. The van der Waals surface area contributed by atoms with Crippen molar-refractivity contribution in [3.8, 4) is 0 Å². The van der Waals surface area contributed by atoms with E-state index in [0.717, 1.165) is 6.08 Å². The number of carbonyl (C=O) groups is 1. The van der Waals surface area contributed by atoms with E-state index < -0.39 is 42.6 Å². The lowest BCUT2D eigenvalue weighted by Crippen LogP contribution is -2.55. The van der Waals surface area contributed by atoms with E-state index in [2.05, 4.69) is 5.32 Å². The molecule has 0 aliphatic heterocycles. The molecule has 0 saturated carbocycles. The predicted molar refractivity (Wildman–Crippen MR) is 97.5 cm³/mol. The van der Waals surface area contributed by atoms with E-state index >= 15 is 0 Å². The van der Waals surface area contributed by atoms with Crippen LogP contribution in [0.2, 0.25) is 0 Å². The molecule has 0 aromatic heterocycles. The second-order valence-corrected chi connectivity index (χ2v) is 5.39. The van der Waals surface area contributed by atoms with Crippen molar-refractivity contribution in [1.29, 1.82) is 0 Å². The van der Waals surface area contributed by atoms with Crippen LogP contribution in [0.4, 0.5) is 4.79 Å². The van der Waals surface area contributed by atoms with Gasteiger partial charge in [0, 0.05) is 0 Å². The molecule has 0 aromatic rings. The van der Waals surface area contributed by atoms with Gasteiger partial charge in [0.1, 0.15) is 23.9 Å². The molecular formula is C12H27NO6S3. The minimum Gasteiger partial charge on any atom is -0.444 e. The average molecular weight is 380 g/mol. The van der Waals surface area contributed by atoms with Crippen molar-refractivity contribution in [1.82, 2.24) is 5.32 Å². The van der Waals surface area contributed by atoms with Gasteiger partial charge in [-0.15, -0.1) is 0 Å². The molecule has 10 heteroatoms. The van der Waals surface area contributed by atoms with Crippen molar-refractivity contribution in [3.63, 3.8) is 0 Å². The molecule has 0 spiro atoms. The number of aliphatic hydroxyl groups is 4. The lowest BCUT2D eigenvalue weighted by Gasteiger charge is -2.34. The topological polar surface area (TPSA) is 119 Å². The van der Waals surface area contributed by atoms with Crippen LogP contribution in [-0.2, 0) is 4.74 Å². The van der Waals surface area contributed by atoms with E-state index in [0.29, 0.717) is 0 Å². The summed E-state index contributed by atoms with van der Waals surface area (Å²) in [6.45, 7) is 3.24. The van der Waals surface area contributed by atoms with Gasteiger partial charge in [-0.3, -0.25) is 0 Å². The number of hydrogen-bond donors (Lipinski definition) is 5. The number of ether oxygens (including phenoxy) is 1. The van der Waals surface area contributed by atoms with Gasteiger partial charge in [-0.1, -0.05) is 6.08 Å².